The van der Waals surface area contributed by atoms with E-state index < -0.39 is 24.1 Å². The van der Waals surface area contributed by atoms with Crippen molar-refractivity contribution in [3.8, 4) is 0 Å². The van der Waals surface area contributed by atoms with Crippen LogP contribution in [0.25, 0.3) is 0 Å². The van der Waals surface area contributed by atoms with Gasteiger partial charge in [-0.15, -0.1) is 0 Å². The van der Waals surface area contributed by atoms with E-state index in [1.165, 1.54) is 12.1 Å². The molecule has 0 saturated carbocycles. The molecule has 1 aromatic carbocycles. The van der Waals surface area contributed by atoms with E-state index >= 15 is 0 Å². The molecule has 0 aliphatic rings. The van der Waals surface area contributed by atoms with E-state index in [-0.39, 0.29) is 5.56 Å². The summed E-state index contributed by atoms with van der Waals surface area (Å²) in [5, 5.41) is 3.03. The van der Waals surface area contributed by atoms with Crippen molar-refractivity contribution < 1.29 is 22.6 Å². The van der Waals surface area contributed by atoms with Crippen molar-refractivity contribution in [2.24, 2.45) is 0 Å². The van der Waals surface area contributed by atoms with Gasteiger partial charge in [-0.25, -0.2) is 0 Å². The first kappa shape index (κ1) is 17.9. The van der Waals surface area contributed by atoms with Crippen molar-refractivity contribution in [2.45, 2.75) is 39.3 Å². The molecule has 0 fully saturated rings. The zero-order chi connectivity index (χ0) is 15.9. The van der Waals surface area contributed by atoms with E-state index in [0.717, 1.165) is 6.07 Å². The summed E-state index contributed by atoms with van der Waals surface area (Å²) in [6.45, 7) is 6.63. The van der Waals surface area contributed by atoms with Crippen molar-refractivity contribution >= 4 is 0 Å². The quantitative estimate of drug-likeness (QED) is 0.742. The maximum absolute atomic E-state index is 13.2. The number of halogens is 3. The lowest BCUT2D eigenvalue weighted by Gasteiger charge is -2.29. The Morgan fingerprint density at radius 2 is 1.62 bits per heavy atom. The summed E-state index contributed by atoms with van der Waals surface area (Å²) < 4.78 is 50.5. The molecule has 21 heavy (non-hydrogen) atoms. The van der Waals surface area contributed by atoms with E-state index in [2.05, 4.69) is 5.32 Å². The van der Waals surface area contributed by atoms with Gasteiger partial charge >= 0.3 is 6.18 Å². The Balaban J connectivity index is 3.21. The number of ether oxygens (including phenoxy) is 2. The second-order valence-electron chi connectivity index (χ2n) is 4.40. The average Bonchev–Trinajstić information content (AvgIpc) is 2.44. The van der Waals surface area contributed by atoms with E-state index in [1.54, 1.807) is 19.9 Å². The largest absolute Gasteiger partial charge is 0.416 e. The van der Waals surface area contributed by atoms with Gasteiger partial charge in [-0.3, -0.25) is 0 Å². The van der Waals surface area contributed by atoms with Crippen LogP contribution in [0, 0.1) is 0 Å². The number of likely N-dealkylation sites (N-methyl/N-ethyl adjacent to an activating group) is 1. The maximum atomic E-state index is 13.2. The molecule has 0 amide bonds. The summed E-state index contributed by atoms with van der Waals surface area (Å²) in [5.74, 6) is 0. The Hall–Kier alpha value is -1.11. The summed E-state index contributed by atoms with van der Waals surface area (Å²) in [4.78, 5) is 0. The third kappa shape index (κ3) is 4.98. The third-order valence-corrected chi connectivity index (χ3v) is 2.96. The Bertz CT molecular complexity index is 418. The second-order valence-corrected chi connectivity index (χ2v) is 4.40. The highest BCUT2D eigenvalue weighted by Crippen LogP contribution is 2.36. The highest BCUT2D eigenvalue weighted by atomic mass is 19.4. The minimum Gasteiger partial charge on any atom is -0.351 e. The SMILES string of the molecule is CCNC(c1ccccc1C(F)(F)F)C(OCC)OCC. The van der Waals surface area contributed by atoms with E-state index in [9.17, 15) is 13.2 Å². The molecule has 0 spiro atoms. The average molecular weight is 305 g/mol. The Morgan fingerprint density at radius 1 is 1.05 bits per heavy atom. The van der Waals surface area contributed by atoms with Gasteiger partial charge in [0.05, 0.1) is 11.6 Å². The molecule has 1 atom stereocenters. The molecule has 120 valence electrons. The number of hydrogen-bond acceptors (Lipinski definition) is 3. The fourth-order valence-corrected chi connectivity index (χ4v) is 2.17. The molecule has 0 aliphatic heterocycles. The van der Waals surface area contributed by atoms with Crippen molar-refractivity contribution in [1.29, 1.82) is 0 Å². The molecule has 0 saturated heterocycles. The van der Waals surface area contributed by atoms with E-state index in [4.69, 9.17) is 9.47 Å². The Morgan fingerprint density at radius 3 is 2.10 bits per heavy atom. The molecule has 0 aliphatic carbocycles. The van der Waals surface area contributed by atoms with Crippen LogP contribution in [-0.2, 0) is 15.7 Å². The molecule has 6 heteroatoms. The van der Waals surface area contributed by atoms with Crippen LogP contribution in [0.1, 0.15) is 37.9 Å². The van der Waals surface area contributed by atoms with Gasteiger partial charge < -0.3 is 14.8 Å². The van der Waals surface area contributed by atoms with Gasteiger partial charge in [0.2, 0.25) is 0 Å². The van der Waals surface area contributed by atoms with Gasteiger partial charge in [-0.1, -0.05) is 25.1 Å². The highest BCUT2D eigenvalue weighted by molar-refractivity contribution is 5.33. The standard InChI is InChI=1S/C15H22F3NO2/c1-4-19-13(14(20-5-2)21-6-3)11-9-7-8-10-12(11)15(16,17)18/h7-10,13-14,19H,4-6H2,1-3H3. The Kier molecular flexibility index (Phi) is 7.14. The molecule has 1 aromatic rings. The fraction of sp³-hybridized carbons (Fsp3) is 0.600. The third-order valence-electron chi connectivity index (χ3n) is 2.96. The number of alkyl halides is 3. The lowest BCUT2D eigenvalue weighted by atomic mass is 9.99. The molecule has 0 heterocycles. The molecule has 1 rings (SSSR count). The molecular formula is C15H22F3NO2. The lowest BCUT2D eigenvalue weighted by molar-refractivity contribution is -0.159. The molecular weight excluding hydrogens is 283 g/mol. The predicted molar refractivity (Wildman–Crippen MR) is 74.9 cm³/mol. The first-order valence-corrected chi connectivity index (χ1v) is 7.08. The van der Waals surface area contributed by atoms with Crippen LogP contribution < -0.4 is 5.32 Å². The summed E-state index contributed by atoms with van der Waals surface area (Å²) in [6, 6.07) is 4.83. The first-order valence-electron chi connectivity index (χ1n) is 7.08. The summed E-state index contributed by atoms with van der Waals surface area (Å²) in [7, 11) is 0. The van der Waals surface area contributed by atoms with Gasteiger partial charge in [-0.05, 0) is 32.0 Å². The second kappa shape index (κ2) is 8.36. The van der Waals surface area contributed by atoms with Crippen molar-refractivity contribution in [3.05, 3.63) is 35.4 Å². The maximum Gasteiger partial charge on any atom is 0.416 e. The molecule has 0 radical (unpaired) electrons. The molecule has 0 bridgehead atoms. The summed E-state index contributed by atoms with van der Waals surface area (Å²) >= 11 is 0. The van der Waals surface area contributed by atoms with Crippen molar-refractivity contribution in [2.75, 3.05) is 19.8 Å². The normalized spacial score (nSPS) is 13.7. The smallest absolute Gasteiger partial charge is 0.351 e. The molecule has 1 N–H and O–H groups in total. The monoisotopic (exact) mass is 305 g/mol. The molecule has 3 nitrogen and oxygen atoms in total. The van der Waals surface area contributed by atoms with Crippen molar-refractivity contribution in [1.82, 2.24) is 5.32 Å². The van der Waals surface area contributed by atoms with Gasteiger partial charge in [0.1, 0.15) is 0 Å². The fourth-order valence-electron chi connectivity index (χ4n) is 2.17. The van der Waals surface area contributed by atoms with E-state index in [1.807, 2.05) is 6.92 Å². The molecule has 1 unspecified atom stereocenters. The molecule has 0 aromatic heterocycles. The van der Waals surface area contributed by atoms with Crippen molar-refractivity contribution in [3.63, 3.8) is 0 Å². The topological polar surface area (TPSA) is 30.5 Å². The zero-order valence-corrected chi connectivity index (χ0v) is 12.5. The highest BCUT2D eigenvalue weighted by Gasteiger charge is 2.37. The number of benzene rings is 1. The van der Waals surface area contributed by atoms with Crippen LogP contribution in [0.5, 0.6) is 0 Å². The van der Waals surface area contributed by atoms with Crippen LogP contribution in [-0.4, -0.2) is 26.0 Å². The van der Waals surface area contributed by atoms with Gasteiger partial charge in [0, 0.05) is 13.2 Å². The van der Waals surface area contributed by atoms with Crippen LogP contribution in [0.4, 0.5) is 13.2 Å². The van der Waals surface area contributed by atoms with E-state index in [0.29, 0.717) is 19.8 Å². The zero-order valence-electron chi connectivity index (χ0n) is 12.5. The number of rotatable bonds is 8. The van der Waals surface area contributed by atoms with Gasteiger partial charge in [0.15, 0.2) is 6.29 Å². The summed E-state index contributed by atoms with van der Waals surface area (Å²) in [6.07, 6.45) is -5.17. The minimum absolute atomic E-state index is 0.138. The van der Waals surface area contributed by atoms with Crippen LogP contribution in [0.3, 0.4) is 0 Å². The minimum atomic E-state index is -4.41. The van der Waals surface area contributed by atoms with Gasteiger partial charge in [0.25, 0.3) is 0 Å². The van der Waals surface area contributed by atoms with Gasteiger partial charge in [-0.2, -0.15) is 13.2 Å². The predicted octanol–water partition coefficient (Wildman–Crippen LogP) is 3.76. The van der Waals surface area contributed by atoms with Crippen LogP contribution >= 0.6 is 0 Å². The summed E-state index contributed by atoms with van der Waals surface area (Å²) in [5.41, 5.74) is -0.529. The lowest BCUT2D eigenvalue weighted by Crippen LogP contribution is -2.37. The van der Waals surface area contributed by atoms with Crippen LogP contribution in [0.2, 0.25) is 0 Å². The number of hydrogen-bond donors (Lipinski definition) is 1. The first-order chi connectivity index (χ1) is 9.95. The number of nitrogens with one attached hydrogen (secondary N) is 1. The Labute approximate surface area is 123 Å². The van der Waals surface area contributed by atoms with Crippen LogP contribution in [0.15, 0.2) is 24.3 Å².